The molecule has 2 amide bonds. The molecule has 3 aromatic heterocycles. The zero-order valence-corrected chi connectivity index (χ0v) is 30.2. The van der Waals surface area contributed by atoms with Gasteiger partial charge in [-0.2, -0.15) is 0 Å². The van der Waals surface area contributed by atoms with E-state index in [4.69, 9.17) is 20.1 Å². The molecule has 0 aromatic carbocycles. The predicted molar refractivity (Wildman–Crippen MR) is 196 cm³/mol. The number of aryl methyl sites for hydroxylation is 2. The fourth-order valence-electron chi connectivity index (χ4n) is 5.98. The molecule has 4 rings (SSSR count). The van der Waals surface area contributed by atoms with E-state index in [9.17, 15) is 19.5 Å². The number of hydrogen-bond acceptors (Lipinski definition) is 10. The minimum atomic E-state index is -0.467. The van der Waals surface area contributed by atoms with Gasteiger partial charge in [-0.15, -0.1) is 0 Å². The van der Waals surface area contributed by atoms with E-state index in [0.29, 0.717) is 73.8 Å². The molecule has 0 radical (unpaired) electrons. The number of nitrogens with zero attached hydrogens (tertiary/aromatic N) is 4. The van der Waals surface area contributed by atoms with Gasteiger partial charge in [0.05, 0.1) is 29.9 Å². The van der Waals surface area contributed by atoms with Crippen molar-refractivity contribution in [1.82, 2.24) is 25.2 Å². The summed E-state index contributed by atoms with van der Waals surface area (Å²) in [5.41, 5.74) is 3.35. The first-order valence-electron chi connectivity index (χ1n) is 17.4. The van der Waals surface area contributed by atoms with Crippen molar-refractivity contribution in [2.45, 2.75) is 85.4 Å². The van der Waals surface area contributed by atoms with Crippen molar-refractivity contribution in [2.75, 3.05) is 49.6 Å². The first-order valence-corrected chi connectivity index (χ1v) is 17.4. The lowest BCUT2D eigenvalue weighted by molar-refractivity contribution is -0.134. The quantitative estimate of drug-likeness (QED) is 0.139. The van der Waals surface area contributed by atoms with E-state index in [-0.39, 0.29) is 36.2 Å². The average molecular weight is 689 g/mol. The Hall–Kier alpha value is -4.62. The number of aliphatic hydroxyl groups excluding tert-OH is 1. The number of anilines is 2. The summed E-state index contributed by atoms with van der Waals surface area (Å²) in [4.78, 5) is 55.5. The fraction of sp³-hybridized carbons (Fsp3) is 0.514. The SMILES string of the molecule is CCCc1cc(C)[nH]c(=O)c1CNC(=O)c1cc(-c2ccc(N3CCN(C(=O)CCOC(C)(C)CCO)CC3)nc2)nc(NC(C)C)c1C=N. The third kappa shape index (κ3) is 9.97. The molecule has 270 valence electrons. The Labute approximate surface area is 294 Å². The summed E-state index contributed by atoms with van der Waals surface area (Å²) in [7, 11) is 0. The van der Waals surface area contributed by atoms with Gasteiger partial charge in [-0.1, -0.05) is 13.3 Å². The van der Waals surface area contributed by atoms with Crippen LogP contribution in [0.1, 0.15) is 86.6 Å². The molecule has 1 saturated heterocycles. The minimum absolute atomic E-state index is 0.00763. The zero-order valence-electron chi connectivity index (χ0n) is 30.2. The van der Waals surface area contributed by atoms with Gasteiger partial charge >= 0.3 is 0 Å². The molecule has 13 heteroatoms. The highest BCUT2D eigenvalue weighted by Crippen LogP contribution is 2.27. The average Bonchev–Trinajstić information content (AvgIpc) is 3.07. The maximum atomic E-state index is 13.7. The predicted octanol–water partition coefficient (Wildman–Crippen LogP) is 4.06. The second-order valence-corrected chi connectivity index (χ2v) is 13.6. The molecular formula is C37H52N8O5. The first-order chi connectivity index (χ1) is 23.8. The molecule has 1 aliphatic heterocycles. The van der Waals surface area contributed by atoms with Gasteiger partial charge in [-0.05, 0) is 77.3 Å². The van der Waals surface area contributed by atoms with Gasteiger partial charge in [0.1, 0.15) is 11.6 Å². The van der Waals surface area contributed by atoms with Crippen LogP contribution in [0.15, 0.2) is 35.3 Å². The second-order valence-electron chi connectivity index (χ2n) is 13.6. The Kier molecular flexibility index (Phi) is 13.3. The number of carbonyl (C=O) groups excluding carboxylic acids is 2. The summed E-state index contributed by atoms with van der Waals surface area (Å²) in [6.07, 6.45) is 5.23. The Balaban J connectivity index is 1.48. The maximum Gasteiger partial charge on any atom is 0.253 e. The van der Waals surface area contributed by atoms with Gasteiger partial charge in [-0.3, -0.25) is 14.4 Å². The lowest BCUT2D eigenvalue weighted by Crippen LogP contribution is -2.49. The smallest absolute Gasteiger partial charge is 0.253 e. The number of rotatable bonds is 16. The lowest BCUT2D eigenvalue weighted by Gasteiger charge is -2.35. The molecule has 0 bridgehead atoms. The summed E-state index contributed by atoms with van der Waals surface area (Å²) < 4.78 is 5.80. The maximum absolute atomic E-state index is 13.7. The standard InChI is InChI=1S/C37H52N8O5/c1-7-8-26-19-25(4)42-36(49)30(26)23-40-35(48)28-20-31(43-34(29(28)21-38)41-24(2)3)27-9-10-32(39-22-27)44-13-15-45(16-14-44)33(47)11-18-50-37(5,6)12-17-46/h9-10,19-22,24,38,46H,7-8,11-18,23H2,1-6H3,(H,40,48)(H,41,43)(H,42,49). The molecule has 1 aliphatic rings. The van der Waals surface area contributed by atoms with E-state index in [1.807, 2.05) is 64.6 Å². The monoisotopic (exact) mass is 688 g/mol. The highest BCUT2D eigenvalue weighted by molar-refractivity contribution is 6.05. The van der Waals surface area contributed by atoms with Crippen LogP contribution in [0, 0.1) is 12.3 Å². The molecule has 5 N–H and O–H groups in total. The number of hydrogen-bond donors (Lipinski definition) is 5. The number of aliphatic hydroxyl groups is 1. The second kappa shape index (κ2) is 17.3. The highest BCUT2D eigenvalue weighted by atomic mass is 16.5. The van der Waals surface area contributed by atoms with Gasteiger partial charge in [0, 0.05) is 80.2 Å². The molecule has 0 atom stereocenters. The van der Waals surface area contributed by atoms with Crippen molar-refractivity contribution in [3.63, 3.8) is 0 Å². The van der Waals surface area contributed by atoms with E-state index in [1.165, 1.54) is 0 Å². The molecule has 1 fully saturated rings. The van der Waals surface area contributed by atoms with Gasteiger partial charge in [0.25, 0.3) is 11.5 Å². The van der Waals surface area contributed by atoms with Crippen molar-refractivity contribution < 1.29 is 19.4 Å². The molecule has 4 heterocycles. The summed E-state index contributed by atoms with van der Waals surface area (Å²) in [5.74, 6) is 0.809. The molecule has 0 unspecified atom stereocenters. The van der Waals surface area contributed by atoms with Crippen LogP contribution in [0.2, 0.25) is 0 Å². The summed E-state index contributed by atoms with van der Waals surface area (Å²) in [6.45, 7) is 14.4. The van der Waals surface area contributed by atoms with Crippen molar-refractivity contribution in [1.29, 1.82) is 5.41 Å². The fourth-order valence-corrected chi connectivity index (χ4v) is 5.98. The Morgan fingerprint density at radius 3 is 2.54 bits per heavy atom. The van der Waals surface area contributed by atoms with E-state index < -0.39 is 11.5 Å². The summed E-state index contributed by atoms with van der Waals surface area (Å²) in [5, 5.41) is 23.5. The van der Waals surface area contributed by atoms with Crippen molar-refractivity contribution >= 4 is 29.7 Å². The molecule has 0 aliphatic carbocycles. The largest absolute Gasteiger partial charge is 0.396 e. The number of carbonyl (C=O) groups is 2. The highest BCUT2D eigenvalue weighted by Gasteiger charge is 2.24. The minimum Gasteiger partial charge on any atom is -0.396 e. The van der Waals surface area contributed by atoms with Crippen LogP contribution in [0.25, 0.3) is 11.3 Å². The normalized spacial score (nSPS) is 13.4. The van der Waals surface area contributed by atoms with Crippen LogP contribution in [0.4, 0.5) is 11.6 Å². The molecular weight excluding hydrogens is 636 g/mol. The first kappa shape index (κ1) is 38.2. The van der Waals surface area contributed by atoms with E-state index in [1.54, 1.807) is 12.3 Å². The summed E-state index contributed by atoms with van der Waals surface area (Å²) >= 11 is 0. The van der Waals surface area contributed by atoms with E-state index in [2.05, 4.69) is 20.5 Å². The number of piperazine rings is 1. The third-order valence-corrected chi connectivity index (χ3v) is 8.70. The van der Waals surface area contributed by atoms with Crippen LogP contribution < -0.4 is 21.1 Å². The van der Waals surface area contributed by atoms with Gasteiger partial charge < -0.3 is 40.7 Å². The molecule has 3 aromatic rings. The molecule has 50 heavy (non-hydrogen) atoms. The number of aromatic nitrogens is 3. The van der Waals surface area contributed by atoms with Gasteiger partial charge in [0.2, 0.25) is 5.91 Å². The number of ether oxygens (including phenoxy) is 1. The number of H-pyrrole nitrogens is 1. The summed E-state index contributed by atoms with van der Waals surface area (Å²) in [6, 6.07) is 7.40. The van der Waals surface area contributed by atoms with Crippen molar-refractivity contribution in [2.24, 2.45) is 0 Å². The van der Waals surface area contributed by atoms with Gasteiger partial charge in [-0.25, -0.2) is 9.97 Å². The van der Waals surface area contributed by atoms with E-state index in [0.717, 1.165) is 36.1 Å². The van der Waals surface area contributed by atoms with Crippen LogP contribution in [0.3, 0.4) is 0 Å². The van der Waals surface area contributed by atoms with Crippen LogP contribution in [-0.2, 0) is 22.5 Å². The molecule has 13 nitrogen and oxygen atoms in total. The zero-order chi connectivity index (χ0) is 36.4. The molecule has 0 saturated carbocycles. The van der Waals surface area contributed by atoms with Crippen LogP contribution in [-0.4, -0.2) is 94.0 Å². The van der Waals surface area contributed by atoms with Crippen LogP contribution in [0.5, 0.6) is 0 Å². The topological polar surface area (TPSA) is 177 Å². The van der Waals surface area contributed by atoms with Gasteiger partial charge in [0.15, 0.2) is 0 Å². The van der Waals surface area contributed by atoms with Crippen molar-refractivity contribution in [3.8, 4) is 11.3 Å². The Morgan fingerprint density at radius 2 is 1.92 bits per heavy atom. The molecule has 0 spiro atoms. The number of pyridine rings is 3. The van der Waals surface area contributed by atoms with Crippen LogP contribution >= 0.6 is 0 Å². The number of amides is 2. The number of nitrogens with one attached hydrogen (secondary N) is 4. The number of aromatic amines is 1. The lowest BCUT2D eigenvalue weighted by atomic mass is 10.0. The Morgan fingerprint density at radius 1 is 1.18 bits per heavy atom. The van der Waals surface area contributed by atoms with E-state index >= 15 is 0 Å². The van der Waals surface area contributed by atoms with Crippen molar-refractivity contribution in [3.05, 3.63) is 68.8 Å². The third-order valence-electron chi connectivity index (χ3n) is 8.70. The Bertz CT molecular complexity index is 1700.